The van der Waals surface area contributed by atoms with E-state index in [-0.39, 0.29) is 0 Å². The van der Waals surface area contributed by atoms with Crippen molar-refractivity contribution in [3.8, 4) is 5.88 Å². The van der Waals surface area contributed by atoms with Crippen LogP contribution in [0.15, 0.2) is 48.7 Å². The van der Waals surface area contributed by atoms with Gasteiger partial charge in [-0.25, -0.2) is 4.98 Å². The Labute approximate surface area is 114 Å². The molecule has 1 N–H and O–H groups in total. The van der Waals surface area contributed by atoms with Crippen molar-refractivity contribution in [3.05, 3.63) is 59.8 Å². The Bertz CT molecular complexity index is 485. The highest BCUT2D eigenvalue weighted by molar-refractivity contribution is 5.25. The number of rotatable bonds is 7. The van der Waals surface area contributed by atoms with Gasteiger partial charge in [-0.3, -0.25) is 0 Å². The topological polar surface area (TPSA) is 34.2 Å². The van der Waals surface area contributed by atoms with E-state index in [1.165, 1.54) is 5.56 Å². The van der Waals surface area contributed by atoms with Crippen molar-refractivity contribution in [2.75, 3.05) is 13.7 Å². The second-order valence-corrected chi connectivity index (χ2v) is 4.44. The van der Waals surface area contributed by atoms with E-state index >= 15 is 0 Å². The molecule has 0 fully saturated rings. The van der Waals surface area contributed by atoms with Gasteiger partial charge in [-0.15, -0.1) is 0 Å². The Balaban J connectivity index is 1.79. The summed E-state index contributed by atoms with van der Waals surface area (Å²) in [6.45, 7) is 1.48. The molecule has 19 heavy (non-hydrogen) atoms. The largest absolute Gasteiger partial charge is 0.477 e. The second kappa shape index (κ2) is 7.54. The number of hydrogen-bond acceptors (Lipinski definition) is 3. The number of hydrogen-bond donors (Lipinski definition) is 1. The van der Waals surface area contributed by atoms with E-state index in [1.807, 2.05) is 25.2 Å². The third kappa shape index (κ3) is 4.38. The molecule has 0 aliphatic rings. The smallest absolute Gasteiger partial charge is 0.217 e. The van der Waals surface area contributed by atoms with Gasteiger partial charge in [-0.05, 0) is 31.5 Å². The van der Waals surface area contributed by atoms with Crippen LogP contribution in [0.25, 0.3) is 0 Å². The van der Waals surface area contributed by atoms with Gasteiger partial charge in [0, 0.05) is 18.3 Å². The third-order valence-corrected chi connectivity index (χ3v) is 2.91. The molecule has 1 heterocycles. The third-order valence-electron chi connectivity index (χ3n) is 2.91. The highest BCUT2D eigenvalue weighted by Crippen LogP contribution is 2.14. The van der Waals surface area contributed by atoms with Crippen LogP contribution in [-0.2, 0) is 13.0 Å². The van der Waals surface area contributed by atoms with E-state index in [0.717, 1.165) is 30.8 Å². The molecule has 0 saturated carbocycles. The monoisotopic (exact) mass is 256 g/mol. The number of nitrogens with one attached hydrogen (secondary N) is 1. The summed E-state index contributed by atoms with van der Waals surface area (Å²) in [5, 5.41) is 3.12. The molecule has 3 nitrogen and oxygen atoms in total. The van der Waals surface area contributed by atoms with Crippen LogP contribution in [0.1, 0.15) is 17.5 Å². The van der Waals surface area contributed by atoms with Crippen LogP contribution in [0.2, 0.25) is 0 Å². The molecule has 0 aliphatic heterocycles. The maximum absolute atomic E-state index is 5.76. The first-order valence-electron chi connectivity index (χ1n) is 6.65. The molecular weight excluding hydrogens is 236 g/mol. The zero-order chi connectivity index (χ0) is 13.3. The number of pyridine rings is 1. The molecule has 100 valence electrons. The minimum absolute atomic E-state index is 0.697. The molecule has 2 rings (SSSR count). The fourth-order valence-corrected chi connectivity index (χ4v) is 1.97. The normalized spacial score (nSPS) is 10.4. The number of nitrogens with zero attached hydrogens (tertiary/aromatic N) is 1. The zero-order valence-electron chi connectivity index (χ0n) is 11.3. The van der Waals surface area contributed by atoms with Crippen LogP contribution >= 0.6 is 0 Å². The fraction of sp³-hybridized carbons (Fsp3) is 0.312. The van der Waals surface area contributed by atoms with E-state index in [4.69, 9.17) is 4.74 Å². The fourth-order valence-electron chi connectivity index (χ4n) is 1.97. The maximum Gasteiger partial charge on any atom is 0.217 e. The molecule has 0 amide bonds. The van der Waals surface area contributed by atoms with Crippen molar-refractivity contribution in [1.29, 1.82) is 0 Å². The molecule has 0 saturated heterocycles. The Hall–Kier alpha value is -1.87. The number of benzene rings is 1. The standard InChI is InChI=1S/C16H20N2O/c1-17-13-15-10-5-11-18-16(15)19-12-6-9-14-7-3-2-4-8-14/h2-5,7-8,10-11,17H,6,9,12-13H2,1H3. The molecule has 0 spiro atoms. The highest BCUT2D eigenvalue weighted by atomic mass is 16.5. The Morgan fingerprint density at radius 2 is 1.95 bits per heavy atom. The molecule has 1 aromatic heterocycles. The predicted octanol–water partition coefficient (Wildman–Crippen LogP) is 2.81. The van der Waals surface area contributed by atoms with Gasteiger partial charge in [0.15, 0.2) is 0 Å². The highest BCUT2D eigenvalue weighted by Gasteiger charge is 2.03. The average Bonchev–Trinajstić information content (AvgIpc) is 2.47. The second-order valence-electron chi connectivity index (χ2n) is 4.44. The van der Waals surface area contributed by atoms with Gasteiger partial charge >= 0.3 is 0 Å². The van der Waals surface area contributed by atoms with E-state index in [0.29, 0.717) is 6.61 Å². The van der Waals surface area contributed by atoms with Crippen molar-refractivity contribution >= 4 is 0 Å². The van der Waals surface area contributed by atoms with E-state index in [9.17, 15) is 0 Å². The molecule has 0 radical (unpaired) electrons. The van der Waals surface area contributed by atoms with Crippen molar-refractivity contribution < 1.29 is 4.74 Å². The van der Waals surface area contributed by atoms with Gasteiger partial charge in [0.05, 0.1) is 6.61 Å². The van der Waals surface area contributed by atoms with E-state index < -0.39 is 0 Å². The lowest BCUT2D eigenvalue weighted by atomic mass is 10.1. The Morgan fingerprint density at radius 3 is 2.74 bits per heavy atom. The average molecular weight is 256 g/mol. The predicted molar refractivity (Wildman–Crippen MR) is 77.3 cm³/mol. The summed E-state index contributed by atoms with van der Waals surface area (Å²) in [4.78, 5) is 4.28. The Kier molecular flexibility index (Phi) is 5.38. The molecule has 3 heteroatoms. The van der Waals surface area contributed by atoms with Gasteiger partial charge in [0.2, 0.25) is 5.88 Å². The first kappa shape index (κ1) is 13.6. The van der Waals surface area contributed by atoms with E-state index in [2.05, 4.69) is 34.6 Å². The van der Waals surface area contributed by atoms with E-state index in [1.54, 1.807) is 6.20 Å². The van der Waals surface area contributed by atoms with Crippen LogP contribution in [0.4, 0.5) is 0 Å². The number of aryl methyl sites for hydroxylation is 1. The van der Waals surface area contributed by atoms with Crippen molar-refractivity contribution in [1.82, 2.24) is 10.3 Å². The van der Waals surface area contributed by atoms with Crippen molar-refractivity contribution in [2.45, 2.75) is 19.4 Å². The van der Waals surface area contributed by atoms with Gasteiger partial charge in [-0.1, -0.05) is 36.4 Å². The van der Waals surface area contributed by atoms with Crippen molar-refractivity contribution in [2.24, 2.45) is 0 Å². The molecule has 2 aromatic rings. The van der Waals surface area contributed by atoms with Crippen LogP contribution in [0.5, 0.6) is 5.88 Å². The number of aromatic nitrogens is 1. The summed E-state index contributed by atoms with van der Waals surface area (Å²) >= 11 is 0. The lowest BCUT2D eigenvalue weighted by Crippen LogP contribution is -2.09. The lowest BCUT2D eigenvalue weighted by molar-refractivity contribution is 0.295. The molecule has 0 unspecified atom stereocenters. The summed E-state index contributed by atoms with van der Waals surface area (Å²) in [7, 11) is 1.92. The molecule has 1 aromatic carbocycles. The van der Waals surface area contributed by atoms with Gasteiger partial charge < -0.3 is 10.1 Å². The van der Waals surface area contributed by atoms with Crippen LogP contribution < -0.4 is 10.1 Å². The van der Waals surface area contributed by atoms with Crippen molar-refractivity contribution in [3.63, 3.8) is 0 Å². The van der Waals surface area contributed by atoms with Gasteiger partial charge in [0.25, 0.3) is 0 Å². The van der Waals surface area contributed by atoms with Crippen LogP contribution in [-0.4, -0.2) is 18.6 Å². The summed E-state index contributed by atoms with van der Waals surface area (Å²) < 4.78 is 5.76. The Morgan fingerprint density at radius 1 is 1.11 bits per heavy atom. The summed E-state index contributed by atoms with van der Waals surface area (Å²) in [5.41, 5.74) is 2.45. The maximum atomic E-state index is 5.76. The molecule has 0 atom stereocenters. The summed E-state index contributed by atoms with van der Waals surface area (Å²) in [6, 6.07) is 14.4. The first-order chi connectivity index (χ1) is 9.40. The molecule has 0 bridgehead atoms. The molecular formula is C16H20N2O. The van der Waals surface area contributed by atoms with Crippen LogP contribution in [0.3, 0.4) is 0 Å². The van der Waals surface area contributed by atoms with Gasteiger partial charge in [0.1, 0.15) is 0 Å². The zero-order valence-corrected chi connectivity index (χ0v) is 11.3. The quantitative estimate of drug-likeness (QED) is 0.773. The minimum atomic E-state index is 0.697. The van der Waals surface area contributed by atoms with Gasteiger partial charge in [-0.2, -0.15) is 0 Å². The summed E-state index contributed by atoms with van der Waals surface area (Å²) in [5.74, 6) is 0.741. The SMILES string of the molecule is CNCc1cccnc1OCCCc1ccccc1. The van der Waals surface area contributed by atoms with Crippen LogP contribution in [0, 0.1) is 0 Å². The minimum Gasteiger partial charge on any atom is -0.477 e. The lowest BCUT2D eigenvalue weighted by Gasteiger charge is -2.09. The molecule has 0 aliphatic carbocycles. The first-order valence-corrected chi connectivity index (χ1v) is 6.65. The summed E-state index contributed by atoms with van der Waals surface area (Å²) in [6.07, 6.45) is 3.81. The number of ether oxygens (including phenoxy) is 1.